The van der Waals surface area contributed by atoms with Gasteiger partial charge in [0.1, 0.15) is 40.7 Å². The molecule has 28 heavy (non-hydrogen) atoms. The molecular formula is C19H15FN6O2. The minimum Gasteiger partial charge on any atom is -0.457 e. The third-order valence-electron chi connectivity index (χ3n) is 4.80. The first-order valence-corrected chi connectivity index (χ1v) is 8.45. The smallest absolute Gasteiger partial charge is 0.283 e. The van der Waals surface area contributed by atoms with Crippen molar-refractivity contribution >= 4 is 17.7 Å². The normalized spacial score (nSPS) is 24.8. The van der Waals surface area contributed by atoms with Gasteiger partial charge in [0.15, 0.2) is 0 Å². The predicted molar refractivity (Wildman–Crippen MR) is 97.6 cm³/mol. The van der Waals surface area contributed by atoms with Crippen LogP contribution in [0.3, 0.4) is 0 Å². The van der Waals surface area contributed by atoms with Gasteiger partial charge in [-0.05, 0) is 37.3 Å². The van der Waals surface area contributed by atoms with Crippen molar-refractivity contribution in [1.82, 2.24) is 9.97 Å². The molecule has 3 N–H and O–H groups in total. The number of aliphatic imine (C=N–C) groups is 1. The lowest BCUT2D eigenvalue weighted by Gasteiger charge is -2.44. The van der Waals surface area contributed by atoms with E-state index in [4.69, 9.17) is 15.7 Å². The maximum Gasteiger partial charge on any atom is 0.283 e. The van der Waals surface area contributed by atoms with E-state index in [9.17, 15) is 9.18 Å². The van der Waals surface area contributed by atoms with Crippen molar-refractivity contribution in [3.63, 3.8) is 0 Å². The zero-order valence-corrected chi connectivity index (χ0v) is 14.8. The number of aromatic nitrogens is 2. The molecule has 8 nitrogen and oxygen atoms in total. The summed E-state index contributed by atoms with van der Waals surface area (Å²) in [6.45, 7) is 1.72. The summed E-state index contributed by atoms with van der Waals surface area (Å²) in [5.41, 5.74) is 5.19. The van der Waals surface area contributed by atoms with Crippen LogP contribution in [0.1, 0.15) is 28.7 Å². The summed E-state index contributed by atoms with van der Waals surface area (Å²) in [6.07, 6.45) is 4.70. The van der Waals surface area contributed by atoms with Gasteiger partial charge in [0.25, 0.3) is 11.9 Å². The number of ether oxygens (including phenoxy) is 1. The van der Waals surface area contributed by atoms with Crippen LogP contribution in [0.15, 0.2) is 47.6 Å². The summed E-state index contributed by atoms with van der Waals surface area (Å²) in [6, 6.07) is 7.36. The van der Waals surface area contributed by atoms with Gasteiger partial charge in [-0.3, -0.25) is 4.79 Å². The van der Waals surface area contributed by atoms with E-state index >= 15 is 0 Å². The van der Waals surface area contributed by atoms with Gasteiger partial charge in [0.2, 0.25) is 0 Å². The highest BCUT2D eigenvalue weighted by Gasteiger charge is 2.49. The van der Waals surface area contributed by atoms with Crippen LogP contribution in [-0.2, 0) is 10.3 Å². The van der Waals surface area contributed by atoms with Crippen molar-refractivity contribution in [1.29, 1.82) is 5.26 Å². The van der Waals surface area contributed by atoms with E-state index in [2.05, 4.69) is 20.3 Å². The lowest BCUT2D eigenvalue weighted by molar-refractivity contribution is 0.0846. The van der Waals surface area contributed by atoms with Crippen LogP contribution in [0.2, 0.25) is 0 Å². The molecule has 3 heterocycles. The Kier molecular flexibility index (Phi) is 4.04. The Morgan fingerprint density at radius 1 is 1.36 bits per heavy atom. The summed E-state index contributed by atoms with van der Waals surface area (Å²) >= 11 is 0. The second kappa shape index (κ2) is 6.42. The number of hydrogen-bond acceptors (Lipinski definition) is 7. The predicted octanol–water partition coefficient (Wildman–Crippen LogP) is 1.85. The number of hydrogen-bond donors (Lipinski definition) is 2. The number of nitrogens with zero attached hydrogens (tertiary/aromatic N) is 4. The summed E-state index contributed by atoms with van der Waals surface area (Å²) in [4.78, 5) is 24.9. The number of amides is 1. The van der Waals surface area contributed by atoms with Crippen molar-refractivity contribution in [3.8, 4) is 6.07 Å². The quantitative estimate of drug-likeness (QED) is 0.785. The number of nitrogens with one attached hydrogen (secondary N) is 1. The summed E-state index contributed by atoms with van der Waals surface area (Å²) in [5, 5.41) is 11.4. The minimum atomic E-state index is -1.06. The van der Waals surface area contributed by atoms with Gasteiger partial charge in [0.05, 0.1) is 5.56 Å². The average Bonchev–Trinajstić information content (AvgIpc) is 2.65. The fourth-order valence-electron chi connectivity index (χ4n) is 3.25. The van der Waals surface area contributed by atoms with Gasteiger partial charge in [0, 0.05) is 12.1 Å². The third kappa shape index (κ3) is 2.85. The molecule has 0 spiro atoms. The molecule has 140 valence electrons. The third-order valence-corrected chi connectivity index (χ3v) is 4.80. The van der Waals surface area contributed by atoms with Crippen LogP contribution in [0.4, 0.5) is 10.2 Å². The van der Waals surface area contributed by atoms with Crippen LogP contribution in [0.5, 0.6) is 0 Å². The number of rotatable bonds is 3. The van der Waals surface area contributed by atoms with Gasteiger partial charge in [-0.15, -0.1) is 0 Å². The molecule has 2 aromatic heterocycles. The van der Waals surface area contributed by atoms with Crippen molar-refractivity contribution in [2.24, 2.45) is 16.6 Å². The maximum atomic E-state index is 14.6. The number of amidine groups is 1. The Morgan fingerprint density at radius 2 is 2.18 bits per heavy atom. The van der Waals surface area contributed by atoms with Crippen molar-refractivity contribution in [2.45, 2.75) is 18.6 Å². The van der Waals surface area contributed by atoms with Crippen LogP contribution in [0, 0.1) is 23.1 Å². The molecule has 0 saturated carbocycles. The lowest BCUT2D eigenvalue weighted by atomic mass is 9.72. The topological polar surface area (TPSA) is 126 Å². The number of pyridine rings is 2. The molecule has 1 aliphatic carbocycles. The largest absolute Gasteiger partial charge is 0.457 e. The second-order valence-electron chi connectivity index (χ2n) is 6.62. The van der Waals surface area contributed by atoms with Gasteiger partial charge < -0.3 is 15.8 Å². The van der Waals surface area contributed by atoms with Gasteiger partial charge in [-0.25, -0.2) is 19.4 Å². The molecule has 1 amide bonds. The van der Waals surface area contributed by atoms with E-state index in [0.29, 0.717) is 5.56 Å². The van der Waals surface area contributed by atoms with Crippen molar-refractivity contribution in [3.05, 3.63) is 65.4 Å². The highest BCUT2D eigenvalue weighted by atomic mass is 19.1. The number of nitrogens with two attached hydrogens (primary N) is 1. The number of fused-ring (bicyclic) bond motifs is 1. The van der Waals surface area contributed by atoms with E-state index in [-0.39, 0.29) is 35.2 Å². The first-order chi connectivity index (χ1) is 13.4. The number of carbonyl (C=O) groups excluding carboxylic acids is 1. The zero-order chi connectivity index (χ0) is 19.9. The fourth-order valence-corrected chi connectivity index (χ4v) is 3.25. The molecule has 2 aliphatic rings. The first kappa shape index (κ1) is 17.6. The molecule has 2 aromatic rings. The van der Waals surface area contributed by atoms with Crippen LogP contribution in [-0.4, -0.2) is 28.0 Å². The molecule has 0 saturated heterocycles. The summed E-state index contributed by atoms with van der Waals surface area (Å²) < 4.78 is 20.0. The molecular weight excluding hydrogens is 363 g/mol. The Balaban J connectivity index is 1.64. The van der Waals surface area contributed by atoms with E-state index in [1.54, 1.807) is 6.92 Å². The molecule has 0 bridgehead atoms. The average molecular weight is 378 g/mol. The number of anilines is 1. The number of nitriles is 1. The first-order valence-electron chi connectivity index (χ1n) is 8.45. The zero-order valence-electron chi connectivity index (χ0n) is 14.8. The Hall–Kier alpha value is -3.80. The molecule has 9 heteroatoms. The number of carbonyl (C=O) groups is 1. The molecule has 3 unspecified atom stereocenters. The monoisotopic (exact) mass is 378 g/mol. The molecule has 1 aliphatic heterocycles. The molecule has 0 fully saturated rings. The van der Waals surface area contributed by atoms with Gasteiger partial charge in [-0.1, -0.05) is 6.08 Å². The van der Waals surface area contributed by atoms with Crippen molar-refractivity contribution in [2.75, 3.05) is 5.32 Å². The van der Waals surface area contributed by atoms with Gasteiger partial charge in [-0.2, -0.15) is 5.26 Å². The van der Waals surface area contributed by atoms with Crippen LogP contribution in [0.25, 0.3) is 0 Å². The Labute approximate surface area is 159 Å². The molecule has 3 atom stereocenters. The minimum absolute atomic E-state index is 0.0366. The lowest BCUT2D eigenvalue weighted by Crippen LogP contribution is -2.50. The Bertz CT molecular complexity index is 1060. The summed E-state index contributed by atoms with van der Waals surface area (Å²) in [5.74, 6) is -1.16. The number of halogens is 1. The van der Waals surface area contributed by atoms with Crippen LogP contribution < -0.4 is 11.1 Å². The van der Waals surface area contributed by atoms with E-state index in [0.717, 1.165) is 0 Å². The highest BCUT2D eigenvalue weighted by Crippen LogP contribution is 2.45. The maximum absolute atomic E-state index is 14.6. The molecule has 0 radical (unpaired) electrons. The van der Waals surface area contributed by atoms with E-state index in [1.165, 1.54) is 30.5 Å². The van der Waals surface area contributed by atoms with Gasteiger partial charge >= 0.3 is 0 Å². The molecule has 4 rings (SSSR count). The van der Waals surface area contributed by atoms with Crippen LogP contribution >= 0.6 is 0 Å². The highest BCUT2D eigenvalue weighted by molar-refractivity contribution is 6.02. The standard InChI is InChI=1S/C19H15FN6O2/c1-19(11-3-6-14(11)28-18(22)26-19)16-12(20)4-7-15(24-16)25-17(27)13-5-2-10(8-21)9-23-13/h2-7,9,11,14H,1H3,(H2,22,26)(H,24,25,27). The Morgan fingerprint density at radius 3 is 2.82 bits per heavy atom. The fraction of sp³-hybridized carbons (Fsp3) is 0.211. The van der Waals surface area contributed by atoms with E-state index < -0.39 is 17.3 Å². The second-order valence-corrected chi connectivity index (χ2v) is 6.62. The van der Waals surface area contributed by atoms with Crippen molar-refractivity contribution < 1.29 is 13.9 Å². The van der Waals surface area contributed by atoms with E-state index in [1.807, 2.05) is 18.2 Å². The SMILES string of the molecule is CC1(c2nc(NC(=O)c3ccc(C#N)cn3)ccc2F)N=C(N)OC2C=CC21. The molecule has 0 aromatic carbocycles. The summed E-state index contributed by atoms with van der Waals surface area (Å²) in [7, 11) is 0.